The molecule has 0 aliphatic carbocycles. The Morgan fingerprint density at radius 1 is 1.05 bits per heavy atom. The maximum Gasteiger partial charge on any atom is 0.176 e. The van der Waals surface area contributed by atoms with E-state index in [1.54, 1.807) is 26.5 Å². The zero-order valence-electron chi connectivity index (χ0n) is 12.1. The van der Waals surface area contributed by atoms with Crippen LogP contribution < -0.4 is 20.1 Å². The second-order valence-corrected chi connectivity index (χ2v) is 4.81. The fourth-order valence-electron chi connectivity index (χ4n) is 1.70. The number of ether oxygens (including phenoxy) is 2. The molecule has 1 heterocycles. The summed E-state index contributed by atoms with van der Waals surface area (Å²) in [6.45, 7) is 1.98. The number of nitrogens with zero attached hydrogens (tertiary/aromatic N) is 1. The van der Waals surface area contributed by atoms with E-state index in [1.807, 2.05) is 31.2 Å². The molecular weight excluding hydrogens is 286 g/mol. The average Bonchev–Trinajstić information content (AvgIpc) is 2.49. The van der Waals surface area contributed by atoms with Crippen LogP contribution in [0.3, 0.4) is 0 Å². The minimum Gasteiger partial charge on any atom is -0.497 e. The average molecular weight is 303 g/mol. The van der Waals surface area contributed by atoms with Gasteiger partial charge >= 0.3 is 0 Å². The Labute approximate surface area is 129 Å². The summed E-state index contributed by atoms with van der Waals surface area (Å²) < 4.78 is 10.4. The van der Waals surface area contributed by atoms with Crippen molar-refractivity contribution in [1.29, 1.82) is 0 Å². The number of methoxy groups -OCH3 is 2. The molecule has 0 fully saturated rings. The van der Waals surface area contributed by atoms with Crippen LogP contribution in [0.5, 0.6) is 11.5 Å². The lowest BCUT2D eigenvalue weighted by Crippen LogP contribution is -2.19. The Balaban J connectivity index is 2.06. The summed E-state index contributed by atoms with van der Waals surface area (Å²) >= 11 is 5.27. The topological polar surface area (TPSA) is 55.4 Å². The van der Waals surface area contributed by atoms with Crippen LogP contribution in [0, 0.1) is 6.92 Å². The van der Waals surface area contributed by atoms with Crippen LogP contribution in [0.1, 0.15) is 5.56 Å². The minimum absolute atomic E-state index is 0.446. The molecule has 2 rings (SSSR count). The molecule has 1 aromatic carbocycles. The third kappa shape index (κ3) is 4.32. The van der Waals surface area contributed by atoms with Crippen LogP contribution in [-0.4, -0.2) is 24.3 Å². The molecule has 0 atom stereocenters. The number of thiocarbonyl (C=S) groups is 1. The van der Waals surface area contributed by atoms with Gasteiger partial charge in [-0.3, -0.25) is 0 Å². The molecule has 0 aliphatic heterocycles. The number of hydrogen-bond donors (Lipinski definition) is 2. The fourth-order valence-corrected chi connectivity index (χ4v) is 1.92. The standard InChI is InChI=1S/C15H17N3O2S/c1-10-4-5-14(16-9-10)18-15(21)17-11-6-12(19-2)8-13(7-11)20-3/h4-9H,1-3H3,(H2,16,17,18,21). The number of rotatable bonds is 4. The molecule has 0 bridgehead atoms. The van der Waals surface area contributed by atoms with E-state index in [2.05, 4.69) is 15.6 Å². The van der Waals surface area contributed by atoms with Gasteiger partial charge in [0.05, 0.1) is 14.2 Å². The van der Waals surface area contributed by atoms with Gasteiger partial charge in [0.1, 0.15) is 17.3 Å². The minimum atomic E-state index is 0.446. The van der Waals surface area contributed by atoms with Gasteiger partial charge in [-0.2, -0.15) is 0 Å². The van der Waals surface area contributed by atoms with Gasteiger partial charge < -0.3 is 20.1 Å². The van der Waals surface area contributed by atoms with Crippen molar-refractivity contribution >= 4 is 28.8 Å². The van der Waals surface area contributed by atoms with Gasteiger partial charge in [0.25, 0.3) is 0 Å². The van der Waals surface area contributed by atoms with E-state index in [0.717, 1.165) is 11.3 Å². The van der Waals surface area contributed by atoms with Crippen LogP contribution in [0.15, 0.2) is 36.5 Å². The molecule has 5 nitrogen and oxygen atoms in total. The van der Waals surface area contributed by atoms with E-state index in [9.17, 15) is 0 Å². The fraction of sp³-hybridized carbons (Fsp3) is 0.200. The molecule has 110 valence electrons. The Hall–Kier alpha value is -2.34. The van der Waals surface area contributed by atoms with Gasteiger partial charge in [0.2, 0.25) is 0 Å². The van der Waals surface area contributed by atoms with Crippen molar-refractivity contribution in [2.45, 2.75) is 6.92 Å². The summed E-state index contributed by atoms with van der Waals surface area (Å²) in [6.07, 6.45) is 1.78. The van der Waals surface area contributed by atoms with Crippen molar-refractivity contribution in [3.63, 3.8) is 0 Å². The smallest absolute Gasteiger partial charge is 0.176 e. The molecule has 0 aliphatic rings. The maximum absolute atomic E-state index is 5.27. The van der Waals surface area contributed by atoms with Crippen LogP contribution >= 0.6 is 12.2 Å². The molecule has 0 spiro atoms. The predicted octanol–water partition coefficient (Wildman–Crippen LogP) is 3.22. The summed E-state index contributed by atoms with van der Waals surface area (Å²) in [6, 6.07) is 9.29. The Bertz CT molecular complexity index is 607. The Kier molecular flexibility index (Phi) is 4.94. The molecule has 0 saturated carbocycles. The highest BCUT2D eigenvalue weighted by Crippen LogP contribution is 2.25. The molecule has 1 aromatic heterocycles. The molecule has 0 unspecified atom stereocenters. The molecule has 0 radical (unpaired) electrons. The van der Waals surface area contributed by atoms with Crippen molar-refractivity contribution in [3.8, 4) is 11.5 Å². The molecule has 21 heavy (non-hydrogen) atoms. The molecule has 0 amide bonds. The number of aromatic nitrogens is 1. The quantitative estimate of drug-likeness (QED) is 0.846. The summed E-state index contributed by atoms with van der Waals surface area (Å²) in [4.78, 5) is 4.24. The third-order valence-corrected chi connectivity index (χ3v) is 2.97. The monoisotopic (exact) mass is 303 g/mol. The largest absolute Gasteiger partial charge is 0.497 e. The normalized spacial score (nSPS) is 9.86. The molecule has 2 N–H and O–H groups in total. The van der Waals surface area contributed by atoms with Gasteiger partial charge in [-0.15, -0.1) is 0 Å². The zero-order chi connectivity index (χ0) is 15.2. The van der Waals surface area contributed by atoms with Gasteiger partial charge in [-0.05, 0) is 30.8 Å². The van der Waals surface area contributed by atoms with E-state index in [0.29, 0.717) is 22.4 Å². The SMILES string of the molecule is COc1cc(NC(=S)Nc2ccc(C)cn2)cc(OC)c1. The van der Waals surface area contributed by atoms with Crippen molar-refractivity contribution in [1.82, 2.24) is 4.98 Å². The number of aryl methyl sites for hydroxylation is 1. The number of nitrogens with one attached hydrogen (secondary N) is 2. The highest BCUT2D eigenvalue weighted by atomic mass is 32.1. The lowest BCUT2D eigenvalue weighted by molar-refractivity contribution is 0.395. The molecule has 0 saturated heterocycles. The van der Waals surface area contributed by atoms with Crippen LogP contribution in [0.25, 0.3) is 0 Å². The van der Waals surface area contributed by atoms with Gasteiger partial charge in [0, 0.05) is 30.1 Å². The van der Waals surface area contributed by atoms with E-state index < -0.39 is 0 Å². The van der Waals surface area contributed by atoms with Crippen LogP contribution in [0.2, 0.25) is 0 Å². The van der Waals surface area contributed by atoms with Gasteiger partial charge in [-0.25, -0.2) is 4.98 Å². The highest BCUT2D eigenvalue weighted by molar-refractivity contribution is 7.80. The van der Waals surface area contributed by atoms with Crippen LogP contribution in [0.4, 0.5) is 11.5 Å². The lowest BCUT2D eigenvalue weighted by atomic mass is 10.3. The summed E-state index contributed by atoms with van der Waals surface area (Å²) in [5.74, 6) is 2.06. The molecular formula is C15H17N3O2S. The highest BCUT2D eigenvalue weighted by Gasteiger charge is 2.04. The van der Waals surface area contributed by atoms with Crippen LogP contribution in [-0.2, 0) is 0 Å². The van der Waals surface area contributed by atoms with Gasteiger partial charge in [-0.1, -0.05) is 6.07 Å². The van der Waals surface area contributed by atoms with Crippen molar-refractivity contribution in [2.75, 3.05) is 24.9 Å². The zero-order valence-corrected chi connectivity index (χ0v) is 13.0. The lowest BCUT2D eigenvalue weighted by Gasteiger charge is -2.12. The first-order chi connectivity index (χ1) is 10.1. The van der Waals surface area contributed by atoms with E-state index in [1.165, 1.54) is 0 Å². The summed E-state index contributed by atoms with van der Waals surface area (Å²) in [5, 5.41) is 6.54. The summed E-state index contributed by atoms with van der Waals surface area (Å²) in [5.41, 5.74) is 1.87. The Morgan fingerprint density at radius 3 is 2.24 bits per heavy atom. The third-order valence-electron chi connectivity index (χ3n) is 2.76. The molecule has 6 heteroatoms. The van der Waals surface area contributed by atoms with E-state index >= 15 is 0 Å². The second kappa shape index (κ2) is 6.90. The number of hydrogen-bond acceptors (Lipinski definition) is 4. The first-order valence-electron chi connectivity index (χ1n) is 6.34. The number of pyridine rings is 1. The number of benzene rings is 1. The number of anilines is 2. The van der Waals surface area contributed by atoms with E-state index in [-0.39, 0.29) is 0 Å². The van der Waals surface area contributed by atoms with Gasteiger partial charge in [0.15, 0.2) is 5.11 Å². The van der Waals surface area contributed by atoms with Crippen molar-refractivity contribution < 1.29 is 9.47 Å². The van der Waals surface area contributed by atoms with E-state index in [4.69, 9.17) is 21.7 Å². The maximum atomic E-state index is 5.27. The molecule has 2 aromatic rings. The first kappa shape index (κ1) is 15.1. The Morgan fingerprint density at radius 2 is 1.71 bits per heavy atom. The first-order valence-corrected chi connectivity index (χ1v) is 6.75. The second-order valence-electron chi connectivity index (χ2n) is 4.40. The summed E-state index contributed by atoms with van der Waals surface area (Å²) in [7, 11) is 3.21. The van der Waals surface area contributed by atoms with Crippen molar-refractivity contribution in [2.24, 2.45) is 0 Å². The predicted molar refractivity (Wildman–Crippen MR) is 88.4 cm³/mol. The van der Waals surface area contributed by atoms with Crippen molar-refractivity contribution in [3.05, 3.63) is 42.1 Å².